The molecule has 0 bridgehead atoms. The molecule has 0 aliphatic carbocycles. The van der Waals surface area contributed by atoms with Gasteiger partial charge in [0.15, 0.2) is 0 Å². The average Bonchev–Trinajstić information content (AvgIpc) is 2.30. The van der Waals surface area contributed by atoms with Crippen molar-refractivity contribution in [3.8, 4) is 0 Å². The van der Waals surface area contributed by atoms with Gasteiger partial charge in [-0.3, -0.25) is 4.79 Å². The van der Waals surface area contributed by atoms with Gasteiger partial charge >= 0.3 is 0 Å². The van der Waals surface area contributed by atoms with Crippen molar-refractivity contribution in [3.63, 3.8) is 0 Å². The number of amides is 1. The van der Waals surface area contributed by atoms with Gasteiger partial charge in [0, 0.05) is 16.8 Å². The normalized spacial score (nSPS) is 14.0. The van der Waals surface area contributed by atoms with Crippen LogP contribution in [0, 0.1) is 0 Å². The lowest BCUT2D eigenvalue weighted by molar-refractivity contribution is -0.121. The lowest BCUT2D eigenvalue weighted by Crippen LogP contribution is -2.42. The predicted octanol–water partition coefficient (Wildman–Crippen LogP) is 2.22. The molecule has 100 valence electrons. The number of carbonyl (C=O) groups excluding carboxylic acids is 1. The average molecular weight is 332 g/mol. The molecule has 1 aromatic rings. The minimum absolute atomic E-state index is 0.0706. The Morgan fingerprint density at radius 3 is 2.61 bits per heavy atom. The molecule has 0 unspecified atom stereocenters. The zero-order valence-electron chi connectivity index (χ0n) is 10.6. The molecule has 0 heterocycles. The summed E-state index contributed by atoms with van der Waals surface area (Å²) < 4.78 is 0.995. The van der Waals surface area contributed by atoms with Gasteiger partial charge in [-0.2, -0.15) is 11.8 Å². The van der Waals surface area contributed by atoms with E-state index < -0.39 is 5.60 Å². The van der Waals surface area contributed by atoms with Crippen molar-refractivity contribution in [1.29, 1.82) is 0 Å². The van der Waals surface area contributed by atoms with Crippen molar-refractivity contribution in [1.82, 2.24) is 5.32 Å². The van der Waals surface area contributed by atoms with Crippen molar-refractivity contribution >= 4 is 33.6 Å². The molecule has 0 aliphatic heterocycles. The van der Waals surface area contributed by atoms with Crippen LogP contribution in [-0.2, 0) is 11.2 Å². The summed E-state index contributed by atoms with van der Waals surface area (Å²) in [4.78, 5) is 11.7. The lowest BCUT2D eigenvalue weighted by atomic mass is 10.1. The van der Waals surface area contributed by atoms with Gasteiger partial charge in [-0.25, -0.2) is 0 Å². The molecular formula is C13H18BrNO2S. The third-order valence-electron chi connectivity index (χ3n) is 2.40. The van der Waals surface area contributed by atoms with Crippen molar-refractivity contribution in [2.75, 3.05) is 18.6 Å². The molecule has 0 radical (unpaired) electrons. The highest BCUT2D eigenvalue weighted by Gasteiger charge is 2.20. The molecule has 3 nitrogen and oxygen atoms in total. The second kappa shape index (κ2) is 7.16. The highest BCUT2D eigenvalue weighted by Crippen LogP contribution is 2.11. The maximum absolute atomic E-state index is 11.7. The van der Waals surface area contributed by atoms with Crippen molar-refractivity contribution in [2.45, 2.75) is 18.9 Å². The quantitative estimate of drug-likeness (QED) is 0.840. The van der Waals surface area contributed by atoms with Crippen molar-refractivity contribution < 1.29 is 9.90 Å². The van der Waals surface area contributed by atoms with Crippen LogP contribution in [0.2, 0.25) is 0 Å². The Balaban J connectivity index is 2.40. The van der Waals surface area contributed by atoms with Gasteiger partial charge in [-0.1, -0.05) is 28.1 Å². The fourth-order valence-corrected chi connectivity index (χ4v) is 2.49. The Kier molecular flexibility index (Phi) is 6.18. The van der Waals surface area contributed by atoms with Gasteiger partial charge in [0.1, 0.15) is 0 Å². The second-order valence-corrected chi connectivity index (χ2v) is 6.29. The van der Waals surface area contributed by atoms with Gasteiger partial charge in [0.25, 0.3) is 0 Å². The smallest absolute Gasteiger partial charge is 0.224 e. The van der Waals surface area contributed by atoms with Gasteiger partial charge in [-0.05, 0) is 30.9 Å². The predicted molar refractivity (Wildman–Crippen MR) is 79.9 cm³/mol. The van der Waals surface area contributed by atoms with E-state index >= 15 is 0 Å². The van der Waals surface area contributed by atoms with Crippen LogP contribution in [0.3, 0.4) is 0 Å². The number of aliphatic hydroxyl groups is 1. The van der Waals surface area contributed by atoms with E-state index in [1.54, 1.807) is 18.7 Å². The Bertz CT molecular complexity index is 392. The van der Waals surface area contributed by atoms with Gasteiger partial charge in [0.05, 0.1) is 12.0 Å². The minimum Gasteiger partial charge on any atom is -0.387 e. The van der Waals surface area contributed by atoms with Crippen LogP contribution in [-0.4, -0.2) is 35.2 Å². The van der Waals surface area contributed by atoms with E-state index in [0.29, 0.717) is 12.2 Å². The first-order chi connectivity index (χ1) is 8.43. The number of nitrogens with one attached hydrogen (secondary N) is 1. The molecular weight excluding hydrogens is 314 g/mol. The minimum atomic E-state index is -0.852. The fourth-order valence-electron chi connectivity index (χ4n) is 1.50. The monoisotopic (exact) mass is 331 g/mol. The van der Waals surface area contributed by atoms with Crippen molar-refractivity contribution in [3.05, 3.63) is 34.3 Å². The van der Waals surface area contributed by atoms with Gasteiger partial charge in [-0.15, -0.1) is 0 Å². The zero-order valence-corrected chi connectivity index (χ0v) is 13.0. The number of hydrogen-bond donors (Lipinski definition) is 2. The molecule has 0 fully saturated rings. The van der Waals surface area contributed by atoms with Crippen LogP contribution in [0.15, 0.2) is 28.7 Å². The molecule has 1 atom stereocenters. The number of halogens is 1. The molecule has 0 saturated carbocycles. The van der Waals surface area contributed by atoms with Crippen LogP contribution >= 0.6 is 27.7 Å². The molecule has 5 heteroatoms. The molecule has 0 spiro atoms. The van der Waals surface area contributed by atoms with E-state index in [1.165, 1.54) is 0 Å². The summed E-state index contributed by atoms with van der Waals surface area (Å²) >= 11 is 4.91. The van der Waals surface area contributed by atoms with E-state index in [-0.39, 0.29) is 12.5 Å². The third-order valence-corrected chi connectivity index (χ3v) is 3.84. The van der Waals surface area contributed by atoms with Crippen molar-refractivity contribution in [2.24, 2.45) is 0 Å². The summed E-state index contributed by atoms with van der Waals surface area (Å²) in [5.74, 6) is 0.532. The van der Waals surface area contributed by atoms with E-state index in [9.17, 15) is 9.90 Å². The molecule has 18 heavy (non-hydrogen) atoms. The topological polar surface area (TPSA) is 49.3 Å². The molecule has 0 saturated heterocycles. The van der Waals surface area contributed by atoms with Gasteiger partial charge < -0.3 is 10.4 Å². The maximum atomic E-state index is 11.7. The number of benzene rings is 1. The molecule has 0 aliphatic rings. The molecule has 1 amide bonds. The molecule has 2 N–H and O–H groups in total. The van der Waals surface area contributed by atoms with E-state index in [4.69, 9.17) is 0 Å². The Morgan fingerprint density at radius 2 is 2.06 bits per heavy atom. The van der Waals surface area contributed by atoms with E-state index in [1.807, 2.05) is 30.5 Å². The first-order valence-corrected chi connectivity index (χ1v) is 7.84. The maximum Gasteiger partial charge on any atom is 0.224 e. The number of hydrogen-bond acceptors (Lipinski definition) is 3. The summed E-state index contributed by atoms with van der Waals surface area (Å²) in [5.41, 5.74) is 0.106. The largest absolute Gasteiger partial charge is 0.387 e. The van der Waals surface area contributed by atoms with Crippen LogP contribution in [0.4, 0.5) is 0 Å². The summed E-state index contributed by atoms with van der Waals surface area (Å²) in [6, 6.07) is 7.63. The van der Waals surface area contributed by atoms with E-state index in [2.05, 4.69) is 21.2 Å². The number of rotatable bonds is 6. The fraction of sp³-hybridized carbons (Fsp3) is 0.462. The Morgan fingerprint density at radius 1 is 1.44 bits per heavy atom. The summed E-state index contributed by atoms with van der Waals surface area (Å²) in [6.45, 7) is 2.01. The lowest BCUT2D eigenvalue weighted by Gasteiger charge is -2.22. The third kappa shape index (κ3) is 5.89. The summed E-state index contributed by atoms with van der Waals surface area (Å²) in [6.07, 6.45) is 2.26. The SMILES string of the molecule is CSC[C@@](C)(O)CNC(=O)Cc1ccc(Br)cc1. The highest BCUT2D eigenvalue weighted by atomic mass is 79.9. The molecule has 0 aromatic heterocycles. The molecule has 1 rings (SSSR count). The van der Waals surface area contributed by atoms with Crippen LogP contribution < -0.4 is 5.32 Å². The Labute approximate surface area is 120 Å². The van der Waals surface area contributed by atoms with E-state index in [0.717, 1.165) is 10.0 Å². The standard InChI is InChI=1S/C13H18BrNO2S/c1-13(17,9-18-2)8-15-12(16)7-10-3-5-11(14)6-4-10/h3-6,17H,7-9H2,1-2H3,(H,15,16)/t13-/m0/s1. The second-order valence-electron chi connectivity index (χ2n) is 4.51. The van der Waals surface area contributed by atoms with Crippen LogP contribution in [0.25, 0.3) is 0 Å². The molecule has 1 aromatic carbocycles. The first kappa shape index (κ1) is 15.5. The Hall–Kier alpha value is -0.520. The highest BCUT2D eigenvalue weighted by molar-refractivity contribution is 9.10. The number of thioether (sulfide) groups is 1. The van der Waals surface area contributed by atoms with Crippen LogP contribution in [0.5, 0.6) is 0 Å². The first-order valence-electron chi connectivity index (χ1n) is 5.65. The number of carbonyl (C=O) groups is 1. The summed E-state index contributed by atoms with van der Waals surface area (Å²) in [7, 11) is 0. The zero-order chi connectivity index (χ0) is 13.6. The van der Waals surface area contributed by atoms with Crippen LogP contribution in [0.1, 0.15) is 12.5 Å². The van der Waals surface area contributed by atoms with Gasteiger partial charge in [0.2, 0.25) is 5.91 Å². The summed E-state index contributed by atoms with van der Waals surface area (Å²) in [5, 5.41) is 12.7.